The third kappa shape index (κ3) is 2.16. The summed E-state index contributed by atoms with van der Waals surface area (Å²) in [5, 5.41) is 9.37. The normalized spacial score (nSPS) is 13.5. The predicted molar refractivity (Wildman–Crippen MR) is 87.4 cm³/mol. The number of fused-ring (bicyclic) bond motifs is 1. The average Bonchev–Trinajstić information content (AvgIpc) is 3.11. The van der Waals surface area contributed by atoms with Crippen LogP contribution in [0.3, 0.4) is 0 Å². The van der Waals surface area contributed by atoms with E-state index in [1.54, 1.807) is 0 Å². The van der Waals surface area contributed by atoms with Crippen molar-refractivity contribution in [2.75, 3.05) is 4.90 Å². The van der Waals surface area contributed by atoms with Gasteiger partial charge in [0.15, 0.2) is 0 Å². The van der Waals surface area contributed by atoms with Crippen molar-refractivity contribution in [3.05, 3.63) is 70.5 Å². The van der Waals surface area contributed by atoms with E-state index in [9.17, 15) is 0 Å². The molecule has 0 fully saturated rings. The molecular formula is C17H15ClN4. The van der Waals surface area contributed by atoms with E-state index in [2.05, 4.69) is 43.9 Å². The van der Waals surface area contributed by atoms with Gasteiger partial charge < -0.3 is 4.90 Å². The number of anilines is 1. The van der Waals surface area contributed by atoms with Gasteiger partial charge in [0.2, 0.25) is 5.95 Å². The molecule has 4 nitrogen and oxygen atoms in total. The van der Waals surface area contributed by atoms with Crippen molar-refractivity contribution in [1.29, 1.82) is 0 Å². The summed E-state index contributed by atoms with van der Waals surface area (Å²) >= 11 is 5.99. The number of aryl methyl sites for hydroxylation is 1. The maximum absolute atomic E-state index is 5.99. The van der Waals surface area contributed by atoms with Gasteiger partial charge in [-0.25, -0.2) is 0 Å². The molecule has 0 aliphatic carbocycles. The van der Waals surface area contributed by atoms with E-state index in [1.165, 1.54) is 11.1 Å². The highest BCUT2D eigenvalue weighted by Gasteiger charge is 2.24. The smallest absolute Gasteiger partial charge is 0.232 e. The van der Waals surface area contributed by atoms with Crippen LogP contribution in [0, 0.1) is 6.92 Å². The SMILES string of the molecule is Cc1nnc(N2Cc3ccccc3C2)n1-c1ccc(Cl)cc1. The Balaban J connectivity index is 1.74. The zero-order valence-corrected chi connectivity index (χ0v) is 13.0. The summed E-state index contributed by atoms with van der Waals surface area (Å²) in [7, 11) is 0. The van der Waals surface area contributed by atoms with Crippen LogP contribution in [0.1, 0.15) is 17.0 Å². The van der Waals surface area contributed by atoms with Crippen molar-refractivity contribution in [3.8, 4) is 5.69 Å². The van der Waals surface area contributed by atoms with Gasteiger partial charge in [0.25, 0.3) is 0 Å². The Morgan fingerprint density at radius 2 is 1.55 bits per heavy atom. The van der Waals surface area contributed by atoms with Crippen LogP contribution >= 0.6 is 11.6 Å². The fourth-order valence-corrected chi connectivity index (χ4v) is 3.05. The molecule has 0 saturated carbocycles. The third-order valence-electron chi connectivity index (χ3n) is 4.02. The quantitative estimate of drug-likeness (QED) is 0.723. The molecular weight excluding hydrogens is 296 g/mol. The Kier molecular flexibility index (Phi) is 3.12. The minimum Gasteiger partial charge on any atom is -0.332 e. The molecule has 2 aromatic carbocycles. The minimum atomic E-state index is 0.726. The number of nitrogens with zero attached hydrogens (tertiary/aromatic N) is 4. The van der Waals surface area contributed by atoms with Crippen LogP contribution in [0.2, 0.25) is 5.02 Å². The first-order chi connectivity index (χ1) is 10.7. The molecule has 0 unspecified atom stereocenters. The molecule has 1 aliphatic rings. The van der Waals surface area contributed by atoms with Crippen molar-refractivity contribution < 1.29 is 0 Å². The highest BCUT2D eigenvalue weighted by Crippen LogP contribution is 2.29. The topological polar surface area (TPSA) is 34.0 Å². The van der Waals surface area contributed by atoms with Gasteiger partial charge in [-0.3, -0.25) is 4.57 Å². The zero-order valence-electron chi connectivity index (χ0n) is 12.2. The number of hydrogen-bond donors (Lipinski definition) is 0. The molecule has 1 aliphatic heterocycles. The van der Waals surface area contributed by atoms with Crippen molar-refractivity contribution >= 4 is 17.5 Å². The highest BCUT2D eigenvalue weighted by atomic mass is 35.5. The van der Waals surface area contributed by atoms with Crippen molar-refractivity contribution in [2.45, 2.75) is 20.0 Å². The Hall–Kier alpha value is -2.33. The summed E-state index contributed by atoms with van der Waals surface area (Å²) in [6.45, 7) is 3.69. The summed E-state index contributed by atoms with van der Waals surface area (Å²) < 4.78 is 2.07. The van der Waals surface area contributed by atoms with Gasteiger partial charge >= 0.3 is 0 Å². The van der Waals surface area contributed by atoms with Gasteiger partial charge in [-0.1, -0.05) is 35.9 Å². The zero-order chi connectivity index (χ0) is 15.1. The predicted octanol–water partition coefficient (Wildman–Crippen LogP) is 3.75. The molecule has 0 saturated heterocycles. The standard InChI is InChI=1S/C17H15ClN4/c1-12-19-20-17(22(12)16-8-6-15(18)7-9-16)21-10-13-4-2-3-5-14(13)11-21/h2-9H,10-11H2,1H3. The van der Waals surface area contributed by atoms with Gasteiger partial charge in [0.1, 0.15) is 5.82 Å². The lowest BCUT2D eigenvalue weighted by Crippen LogP contribution is -2.19. The van der Waals surface area contributed by atoms with E-state index in [0.717, 1.165) is 35.6 Å². The van der Waals surface area contributed by atoms with Crippen LogP contribution in [-0.2, 0) is 13.1 Å². The number of aromatic nitrogens is 3. The fourth-order valence-electron chi connectivity index (χ4n) is 2.92. The summed E-state index contributed by atoms with van der Waals surface area (Å²) in [5.74, 6) is 1.74. The second kappa shape index (κ2) is 5.14. The second-order valence-electron chi connectivity index (χ2n) is 5.48. The van der Waals surface area contributed by atoms with Crippen molar-refractivity contribution in [2.24, 2.45) is 0 Å². The molecule has 3 aromatic rings. The maximum Gasteiger partial charge on any atom is 0.232 e. The molecule has 0 spiro atoms. The molecule has 0 atom stereocenters. The van der Waals surface area contributed by atoms with Crippen LogP contribution in [0.25, 0.3) is 5.69 Å². The van der Waals surface area contributed by atoms with E-state index in [-0.39, 0.29) is 0 Å². The van der Waals surface area contributed by atoms with Crippen LogP contribution in [-0.4, -0.2) is 14.8 Å². The lowest BCUT2D eigenvalue weighted by atomic mass is 10.1. The van der Waals surface area contributed by atoms with Crippen molar-refractivity contribution in [1.82, 2.24) is 14.8 Å². The molecule has 4 rings (SSSR count). The van der Waals surface area contributed by atoms with E-state index in [4.69, 9.17) is 11.6 Å². The Bertz CT molecular complexity index is 798. The molecule has 0 radical (unpaired) electrons. The van der Waals surface area contributed by atoms with E-state index in [1.807, 2.05) is 31.2 Å². The van der Waals surface area contributed by atoms with Crippen LogP contribution in [0.4, 0.5) is 5.95 Å². The van der Waals surface area contributed by atoms with Crippen LogP contribution < -0.4 is 4.90 Å². The van der Waals surface area contributed by atoms with E-state index in [0.29, 0.717) is 0 Å². The second-order valence-corrected chi connectivity index (χ2v) is 5.92. The molecule has 110 valence electrons. The monoisotopic (exact) mass is 310 g/mol. The first kappa shape index (κ1) is 13.3. The molecule has 22 heavy (non-hydrogen) atoms. The Labute approximate surface area is 134 Å². The van der Waals surface area contributed by atoms with Gasteiger partial charge in [-0.2, -0.15) is 0 Å². The molecule has 1 aromatic heterocycles. The molecule has 0 bridgehead atoms. The molecule has 5 heteroatoms. The first-order valence-electron chi connectivity index (χ1n) is 7.22. The number of halogens is 1. The largest absolute Gasteiger partial charge is 0.332 e. The summed E-state index contributed by atoms with van der Waals surface area (Å²) in [6, 6.07) is 16.3. The number of hydrogen-bond acceptors (Lipinski definition) is 3. The molecule has 2 heterocycles. The molecule has 0 N–H and O–H groups in total. The lowest BCUT2D eigenvalue weighted by molar-refractivity contribution is 0.805. The van der Waals surface area contributed by atoms with Gasteiger partial charge in [-0.15, -0.1) is 10.2 Å². The maximum atomic E-state index is 5.99. The van der Waals surface area contributed by atoms with Crippen LogP contribution in [0.15, 0.2) is 48.5 Å². The number of benzene rings is 2. The van der Waals surface area contributed by atoms with Gasteiger partial charge in [0.05, 0.1) is 5.69 Å². The fraction of sp³-hybridized carbons (Fsp3) is 0.176. The number of rotatable bonds is 2. The summed E-state index contributed by atoms with van der Waals surface area (Å²) in [6.07, 6.45) is 0. The van der Waals surface area contributed by atoms with Gasteiger partial charge in [0, 0.05) is 18.1 Å². The lowest BCUT2D eigenvalue weighted by Gasteiger charge is -2.18. The Morgan fingerprint density at radius 1 is 0.909 bits per heavy atom. The highest BCUT2D eigenvalue weighted by molar-refractivity contribution is 6.30. The third-order valence-corrected chi connectivity index (χ3v) is 4.27. The molecule has 0 amide bonds. The first-order valence-corrected chi connectivity index (χ1v) is 7.60. The van der Waals surface area contributed by atoms with Crippen molar-refractivity contribution in [3.63, 3.8) is 0 Å². The summed E-state index contributed by atoms with van der Waals surface area (Å²) in [5.41, 5.74) is 3.73. The average molecular weight is 311 g/mol. The minimum absolute atomic E-state index is 0.726. The Morgan fingerprint density at radius 3 is 2.18 bits per heavy atom. The van der Waals surface area contributed by atoms with E-state index < -0.39 is 0 Å². The summed E-state index contributed by atoms with van der Waals surface area (Å²) in [4.78, 5) is 2.25. The van der Waals surface area contributed by atoms with Crippen LogP contribution in [0.5, 0.6) is 0 Å². The van der Waals surface area contributed by atoms with E-state index >= 15 is 0 Å². The van der Waals surface area contributed by atoms with Gasteiger partial charge in [-0.05, 0) is 42.3 Å².